The van der Waals surface area contributed by atoms with Crippen LogP contribution in [0.5, 0.6) is 0 Å². The van der Waals surface area contributed by atoms with E-state index < -0.39 is 195 Å². The van der Waals surface area contributed by atoms with Crippen LogP contribution in [-0.4, -0.2) is 6.15 Å². The summed E-state index contributed by atoms with van der Waals surface area (Å²) in [6.45, 7) is 3.19. The van der Waals surface area contributed by atoms with Gasteiger partial charge in [-0.2, -0.15) is 132 Å². The van der Waals surface area contributed by atoms with Gasteiger partial charge in [0.05, 0.1) is 44.5 Å². The molecule has 1 aromatic heterocycles. The molecule has 0 amide bonds. The lowest BCUT2D eigenvalue weighted by Gasteiger charge is -2.46. The summed E-state index contributed by atoms with van der Waals surface area (Å²) in [7, 11) is 0. The van der Waals surface area contributed by atoms with Crippen LogP contribution in [0, 0.1) is 0 Å². The number of benzene rings is 6. The van der Waals surface area contributed by atoms with Crippen molar-refractivity contribution in [3.8, 4) is 11.3 Å². The van der Waals surface area contributed by atoms with Gasteiger partial charge in [-0.05, 0) is 60.9 Å². The average molecular weight is 1280 g/mol. The highest BCUT2D eigenvalue weighted by Crippen LogP contribution is 2.42. The Balaban J connectivity index is 0.000000334. The Morgan fingerprint density at radius 3 is 0.875 bits per heavy atom. The summed E-state index contributed by atoms with van der Waals surface area (Å²) in [4.78, 5) is 0. The molecule has 7 aromatic rings. The summed E-state index contributed by atoms with van der Waals surface area (Å²) in [5, 5.41) is 0. The predicted octanol–water partition coefficient (Wildman–Crippen LogP) is 19.4. The fourth-order valence-electron chi connectivity index (χ4n) is 10.4. The second kappa shape index (κ2) is 27.3. The Morgan fingerprint density at radius 2 is 0.580 bits per heavy atom. The number of pyridine rings is 1. The predicted molar refractivity (Wildman–Crippen MR) is 283 cm³/mol. The van der Waals surface area contributed by atoms with Crippen LogP contribution in [0.15, 0.2) is 152 Å². The summed E-state index contributed by atoms with van der Waals surface area (Å²) in [5.74, 6) is 0. The highest BCUT2D eigenvalue weighted by Gasteiger charge is 2.47. The number of aromatic nitrogens is 1. The molecule has 0 saturated heterocycles. The third-order valence-electron chi connectivity index (χ3n) is 14.6. The second-order valence-corrected chi connectivity index (χ2v) is 21.1. The zero-order chi connectivity index (χ0) is 65.5. The molecule has 0 aliphatic rings. The van der Waals surface area contributed by atoms with Crippen LogP contribution in [0.2, 0.25) is 0 Å². The SMILES string of the molecule is CCCCCCCCCCCCc1ccc(-c2cccc[n+]2Cc2ccccc2)cc1.FC(F)(F)c1cc([B-](c2cc(C(F)(F)F)cc(C(F)(F)F)c2)(c2cc(C(F)(F)F)cc(C(F)(F)F)c2)c2cc(C(F)(F)F)cc(C(F)(F)F)c2)cc(C(F)(F)F)c1. The Kier molecular flexibility index (Phi) is 21.7. The Bertz CT molecular complexity index is 2980. The van der Waals surface area contributed by atoms with Crippen molar-refractivity contribution in [3.05, 3.63) is 207 Å². The first-order valence-corrected chi connectivity index (χ1v) is 27.1. The number of unbranched alkanes of at least 4 members (excludes halogenated alkanes) is 9. The Hall–Kier alpha value is -7.15. The van der Waals surface area contributed by atoms with Gasteiger partial charge in [-0.3, -0.25) is 0 Å². The average Bonchev–Trinajstić information content (AvgIpc) is 0.747. The highest BCUT2D eigenvalue weighted by molar-refractivity contribution is 7.20. The van der Waals surface area contributed by atoms with Crippen LogP contribution < -0.4 is 26.4 Å². The maximum Gasteiger partial charge on any atom is 0.416 e. The summed E-state index contributed by atoms with van der Waals surface area (Å²) in [5.41, 5.74) is -24.8. The molecule has 7 rings (SSSR count). The van der Waals surface area contributed by atoms with Crippen molar-refractivity contribution in [3.63, 3.8) is 0 Å². The molecule has 6 aromatic carbocycles. The van der Waals surface area contributed by atoms with E-state index in [4.69, 9.17) is 0 Å². The first-order valence-electron chi connectivity index (χ1n) is 27.1. The summed E-state index contributed by atoms with van der Waals surface area (Å²) >= 11 is 0. The summed E-state index contributed by atoms with van der Waals surface area (Å²) in [6, 6.07) is 17.6. The van der Waals surface area contributed by atoms with Crippen molar-refractivity contribution in [1.29, 1.82) is 0 Å². The third kappa shape index (κ3) is 18.2. The van der Waals surface area contributed by atoms with Gasteiger partial charge in [0.15, 0.2) is 12.7 Å². The van der Waals surface area contributed by atoms with Gasteiger partial charge in [-0.1, -0.05) is 156 Å². The van der Waals surface area contributed by atoms with Gasteiger partial charge >= 0.3 is 49.4 Å². The largest absolute Gasteiger partial charge is 0.416 e. The number of hydrogen-bond donors (Lipinski definition) is 0. The molecule has 0 radical (unpaired) electrons. The number of alkyl halides is 24. The molecular weight excluding hydrogens is 1230 g/mol. The van der Waals surface area contributed by atoms with Crippen LogP contribution in [0.25, 0.3) is 11.3 Å². The van der Waals surface area contributed by atoms with Gasteiger partial charge in [0.2, 0.25) is 5.69 Å². The van der Waals surface area contributed by atoms with E-state index in [0.717, 1.165) is 6.54 Å². The van der Waals surface area contributed by atoms with E-state index in [9.17, 15) is 105 Å². The van der Waals surface area contributed by atoms with Crippen molar-refractivity contribution in [1.82, 2.24) is 0 Å². The van der Waals surface area contributed by atoms with Gasteiger partial charge in [-0.25, -0.2) is 0 Å². The minimum Gasteiger partial charge on any atom is -0.194 e. The lowest BCUT2D eigenvalue weighted by atomic mass is 9.12. The van der Waals surface area contributed by atoms with Gasteiger partial charge in [0, 0.05) is 23.3 Å². The Morgan fingerprint density at radius 1 is 0.295 bits per heavy atom. The van der Waals surface area contributed by atoms with Crippen molar-refractivity contribution in [2.45, 2.75) is 134 Å². The van der Waals surface area contributed by atoms with Crippen LogP contribution in [0.3, 0.4) is 0 Å². The van der Waals surface area contributed by atoms with E-state index in [0.29, 0.717) is 0 Å². The third-order valence-corrected chi connectivity index (χ3v) is 14.6. The van der Waals surface area contributed by atoms with Crippen molar-refractivity contribution in [2.24, 2.45) is 0 Å². The summed E-state index contributed by atoms with van der Waals surface area (Å²) in [6.07, 6.45) is -37.4. The smallest absolute Gasteiger partial charge is 0.194 e. The minimum atomic E-state index is -6.13. The molecule has 0 N–H and O–H groups in total. The number of halogens is 24. The first kappa shape index (κ1) is 69.9. The van der Waals surface area contributed by atoms with Crippen LogP contribution in [0.4, 0.5) is 105 Å². The number of hydrogen-bond acceptors (Lipinski definition) is 0. The van der Waals surface area contributed by atoms with Gasteiger partial charge in [0.1, 0.15) is 6.15 Å². The van der Waals surface area contributed by atoms with Gasteiger partial charge < -0.3 is 0 Å². The minimum absolute atomic E-state index is 0.691. The Labute approximate surface area is 489 Å². The molecule has 1 nitrogen and oxygen atoms in total. The monoisotopic (exact) mass is 1280 g/mol. The molecule has 0 aliphatic carbocycles. The lowest BCUT2D eigenvalue weighted by molar-refractivity contribution is -0.677. The van der Waals surface area contributed by atoms with E-state index in [2.05, 4.69) is 90.5 Å². The highest BCUT2D eigenvalue weighted by atomic mass is 19.4. The van der Waals surface area contributed by atoms with E-state index >= 15 is 0 Å². The van der Waals surface area contributed by atoms with E-state index in [-0.39, 0.29) is 0 Å². The molecule has 0 aliphatic heterocycles. The van der Waals surface area contributed by atoms with Crippen molar-refractivity contribution < 1.29 is 110 Å². The number of aryl methyl sites for hydroxylation is 1. The van der Waals surface area contributed by atoms with Crippen molar-refractivity contribution in [2.75, 3.05) is 0 Å². The van der Waals surface area contributed by atoms with Crippen LogP contribution in [0.1, 0.15) is 127 Å². The van der Waals surface area contributed by atoms with Gasteiger partial charge in [-0.15, -0.1) is 0 Å². The molecule has 0 fully saturated rings. The lowest BCUT2D eigenvalue weighted by Crippen LogP contribution is -2.75. The molecular formula is C62H52BF24N. The number of nitrogens with zero attached hydrogens (tertiary/aromatic N) is 1. The molecule has 0 unspecified atom stereocenters. The maximum atomic E-state index is 14.2. The second-order valence-electron chi connectivity index (χ2n) is 21.1. The van der Waals surface area contributed by atoms with Crippen LogP contribution >= 0.6 is 0 Å². The molecule has 0 spiro atoms. The molecule has 1 heterocycles. The van der Waals surface area contributed by atoms with Crippen molar-refractivity contribution >= 4 is 28.0 Å². The zero-order valence-corrected chi connectivity index (χ0v) is 46.0. The molecule has 26 heteroatoms. The fraction of sp³-hybridized carbons (Fsp3) is 0.339. The molecule has 88 heavy (non-hydrogen) atoms. The first-order chi connectivity index (χ1) is 40.6. The zero-order valence-electron chi connectivity index (χ0n) is 46.0. The van der Waals surface area contributed by atoms with E-state index in [1.54, 1.807) is 0 Å². The number of rotatable bonds is 18. The molecule has 0 atom stereocenters. The van der Waals surface area contributed by atoms with Crippen LogP contribution in [-0.2, 0) is 62.4 Å². The molecule has 476 valence electrons. The normalized spacial score (nSPS) is 13.1. The topological polar surface area (TPSA) is 3.88 Å². The molecule has 0 saturated carbocycles. The maximum absolute atomic E-state index is 14.2. The standard InChI is InChI=1S/C32H12BF24.C30H40N/c34-25(35,36)13-1-14(26(37,38)39)6-21(5-13)33(22-7-15(27(40,41)42)2-16(8-22)28(43,44)45,23-9-17(29(46,47)48)3-18(10-23)30(49,50)51)24-11-19(31(52,53)54)4-20(12-24)32(55,56)57;1-2-3-4-5-6-7-8-9-10-12-17-27-21-23-29(24-22-27)30-20-15-16-25-31(30)26-28-18-13-11-14-19-28/h1-12H;11,13-16,18-25H,2-10,12,17,26H2,1H3/q-1;+1. The quantitative estimate of drug-likeness (QED) is 0.0349. The van der Waals surface area contributed by atoms with E-state index in [1.165, 1.54) is 93.0 Å². The van der Waals surface area contributed by atoms with E-state index in [1.807, 2.05) is 0 Å². The van der Waals surface area contributed by atoms with Gasteiger partial charge in [0.25, 0.3) is 0 Å². The molecule has 0 bridgehead atoms. The summed E-state index contributed by atoms with van der Waals surface area (Å²) < 4.78 is 343. The fourth-order valence-corrected chi connectivity index (χ4v) is 10.4.